The van der Waals surface area contributed by atoms with E-state index in [1.165, 1.54) is 40.0 Å². The van der Waals surface area contributed by atoms with Gasteiger partial charge in [-0.3, -0.25) is 0 Å². The number of rotatable bonds is 3. The molecule has 0 amide bonds. The Kier molecular flexibility index (Phi) is 3.78. The van der Waals surface area contributed by atoms with E-state index in [1.807, 2.05) is 0 Å². The molecule has 4 rings (SSSR count). The summed E-state index contributed by atoms with van der Waals surface area (Å²) in [5.74, 6) is 3.66. The topological polar surface area (TPSA) is 18.5 Å². The van der Waals surface area contributed by atoms with Gasteiger partial charge < -0.3 is 9.47 Å². The summed E-state index contributed by atoms with van der Waals surface area (Å²) >= 11 is 0. The standard InChI is InChI=1S/C18H21O2S/c1-2-12-21(11-1)17-6-3-5-14-8-9-15(13-16(14)17)20-18-7-4-10-19-18/h3,5-6,8-9,13,18H,1-2,4,7,10-12H2/q+1. The third-order valence-corrected chi connectivity index (χ3v) is 6.85. The van der Waals surface area contributed by atoms with Crippen LogP contribution in [0.2, 0.25) is 0 Å². The van der Waals surface area contributed by atoms with E-state index >= 15 is 0 Å². The summed E-state index contributed by atoms with van der Waals surface area (Å²) in [6, 6.07) is 13.2. The Morgan fingerprint density at radius 3 is 2.76 bits per heavy atom. The second-order valence-electron chi connectivity index (χ2n) is 5.81. The van der Waals surface area contributed by atoms with Crippen LogP contribution in [-0.4, -0.2) is 24.4 Å². The Hall–Kier alpha value is -1.19. The first-order valence-corrected chi connectivity index (χ1v) is 9.45. The van der Waals surface area contributed by atoms with Crippen molar-refractivity contribution >= 4 is 21.7 Å². The molecule has 0 aromatic heterocycles. The Morgan fingerprint density at radius 2 is 1.95 bits per heavy atom. The third-order valence-electron chi connectivity index (χ3n) is 4.31. The predicted molar refractivity (Wildman–Crippen MR) is 88.1 cm³/mol. The summed E-state index contributed by atoms with van der Waals surface area (Å²) < 4.78 is 11.6. The third kappa shape index (κ3) is 2.77. The van der Waals surface area contributed by atoms with Gasteiger partial charge in [-0.25, -0.2) is 0 Å². The van der Waals surface area contributed by atoms with Gasteiger partial charge in [0.05, 0.1) is 6.61 Å². The van der Waals surface area contributed by atoms with Gasteiger partial charge in [0.1, 0.15) is 17.3 Å². The van der Waals surface area contributed by atoms with Crippen LogP contribution in [0.25, 0.3) is 10.8 Å². The highest BCUT2D eigenvalue weighted by molar-refractivity contribution is 7.97. The van der Waals surface area contributed by atoms with Crippen LogP contribution in [-0.2, 0) is 15.6 Å². The highest BCUT2D eigenvalue weighted by atomic mass is 32.2. The molecule has 2 aromatic rings. The first-order valence-electron chi connectivity index (χ1n) is 7.89. The number of fused-ring (bicyclic) bond motifs is 1. The summed E-state index contributed by atoms with van der Waals surface area (Å²) in [4.78, 5) is 1.53. The maximum absolute atomic E-state index is 5.98. The molecule has 21 heavy (non-hydrogen) atoms. The van der Waals surface area contributed by atoms with Gasteiger partial charge in [-0.05, 0) is 42.8 Å². The highest BCUT2D eigenvalue weighted by Gasteiger charge is 2.28. The second kappa shape index (κ2) is 5.90. The molecular weight excluding hydrogens is 280 g/mol. The van der Waals surface area contributed by atoms with E-state index in [2.05, 4.69) is 36.4 Å². The number of hydrogen-bond acceptors (Lipinski definition) is 2. The molecule has 2 saturated heterocycles. The van der Waals surface area contributed by atoms with Crippen LogP contribution in [0.3, 0.4) is 0 Å². The second-order valence-corrected chi connectivity index (χ2v) is 8.05. The molecule has 2 aliphatic heterocycles. The van der Waals surface area contributed by atoms with Crippen LogP contribution in [0.4, 0.5) is 0 Å². The molecule has 110 valence electrons. The van der Waals surface area contributed by atoms with Gasteiger partial charge in [0.15, 0.2) is 11.2 Å². The lowest BCUT2D eigenvalue weighted by Crippen LogP contribution is -2.13. The van der Waals surface area contributed by atoms with Gasteiger partial charge in [0.2, 0.25) is 0 Å². The molecule has 0 aliphatic carbocycles. The first-order chi connectivity index (χ1) is 10.4. The zero-order valence-electron chi connectivity index (χ0n) is 12.2. The van der Waals surface area contributed by atoms with Crippen molar-refractivity contribution in [1.29, 1.82) is 0 Å². The van der Waals surface area contributed by atoms with E-state index in [9.17, 15) is 0 Å². The van der Waals surface area contributed by atoms with Crippen molar-refractivity contribution < 1.29 is 9.47 Å². The van der Waals surface area contributed by atoms with Crippen LogP contribution in [0.15, 0.2) is 41.3 Å². The molecule has 1 unspecified atom stereocenters. The predicted octanol–water partition coefficient (Wildman–Crippen LogP) is 4.13. The van der Waals surface area contributed by atoms with E-state index in [1.54, 1.807) is 0 Å². The monoisotopic (exact) mass is 301 g/mol. The molecule has 2 aromatic carbocycles. The quantitative estimate of drug-likeness (QED) is 0.794. The Labute approximate surface area is 128 Å². The van der Waals surface area contributed by atoms with Crippen molar-refractivity contribution in [2.75, 3.05) is 18.1 Å². The van der Waals surface area contributed by atoms with Crippen LogP contribution >= 0.6 is 0 Å². The number of hydrogen-bond donors (Lipinski definition) is 0. The molecule has 2 fully saturated rings. The minimum atomic E-state index is -0.0523. The van der Waals surface area contributed by atoms with E-state index < -0.39 is 0 Å². The van der Waals surface area contributed by atoms with Crippen LogP contribution < -0.4 is 4.74 Å². The SMILES string of the molecule is c1cc([S+]2CCCC2)c2cc(OC3CCCO3)ccc2c1. The van der Waals surface area contributed by atoms with Crippen molar-refractivity contribution in [3.05, 3.63) is 36.4 Å². The van der Waals surface area contributed by atoms with Gasteiger partial charge in [0.25, 0.3) is 0 Å². The molecule has 0 radical (unpaired) electrons. The van der Waals surface area contributed by atoms with Crippen LogP contribution in [0.1, 0.15) is 25.7 Å². The largest absolute Gasteiger partial charge is 0.465 e. The molecule has 1 atom stereocenters. The van der Waals surface area contributed by atoms with Gasteiger partial charge in [-0.1, -0.05) is 18.2 Å². The average Bonchev–Trinajstić information content (AvgIpc) is 3.20. The van der Waals surface area contributed by atoms with Crippen molar-refractivity contribution in [3.8, 4) is 5.75 Å². The van der Waals surface area contributed by atoms with Gasteiger partial charge >= 0.3 is 0 Å². The van der Waals surface area contributed by atoms with Crippen molar-refractivity contribution in [1.82, 2.24) is 0 Å². The Bertz CT molecular complexity index is 628. The molecule has 0 bridgehead atoms. The van der Waals surface area contributed by atoms with Gasteiger partial charge in [0, 0.05) is 22.7 Å². The van der Waals surface area contributed by atoms with E-state index in [4.69, 9.17) is 9.47 Å². The molecular formula is C18H21O2S+. The van der Waals surface area contributed by atoms with Crippen LogP contribution in [0, 0.1) is 0 Å². The summed E-state index contributed by atoms with van der Waals surface area (Å²) in [7, 11) is 0.436. The maximum Gasteiger partial charge on any atom is 0.199 e. The highest BCUT2D eigenvalue weighted by Crippen LogP contribution is 2.32. The zero-order chi connectivity index (χ0) is 14.1. The van der Waals surface area contributed by atoms with E-state index in [-0.39, 0.29) is 6.29 Å². The van der Waals surface area contributed by atoms with Crippen LogP contribution in [0.5, 0.6) is 5.75 Å². The first kappa shape index (κ1) is 13.5. The maximum atomic E-state index is 5.98. The van der Waals surface area contributed by atoms with E-state index in [0.717, 1.165) is 25.2 Å². The molecule has 0 N–H and O–H groups in total. The van der Waals surface area contributed by atoms with Crippen molar-refractivity contribution in [2.24, 2.45) is 0 Å². The lowest BCUT2D eigenvalue weighted by atomic mass is 10.1. The fourth-order valence-electron chi connectivity index (χ4n) is 3.22. The van der Waals surface area contributed by atoms with Gasteiger partial charge in [-0.2, -0.15) is 0 Å². The lowest BCUT2D eigenvalue weighted by Gasteiger charge is -2.13. The lowest BCUT2D eigenvalue weighted by molar-refractivity contribution is -0.0389. The normalized spacial score (nSPS) is 23.0. The Balaban J connectivity index is 1.68. The molecule has 0 saturated carbocycles. The summed E-state index contributed by atoms with van der Waals surface area (Å²) in [5, 5.41) is 2.70. The Morgan fingerprint density at radius 1 is 1.05 bits per heavy atom. The van der Waals surface area contributed by atoms with Crippen molar-refractivity contribution in [3.63, 3.8) is 0 Å². The minimum absolute atomic E-state index is 0.0523. The number of benzene rings is 2. The summed E-state index contributed by atoms with van der Waals surface area (Å²) in [5.41, 5.74) is 0. The molecule has 0 spiro atoms. The fourth-order valence-corrected chi connectivity index (χ4v) is 5.72. The van der Waals surface area contributed by atoms with Crippen molar-refractivity contribution in [2.45, 2.75) is 36.9 Å². The van der Waals surface area contributed by atoms with E-state index in [0.29, 0.717) is 10.9 Å². The summed E-state index contributed by atoms with van der Waals surface area (Å²) in [6.45, 7) is 0.826. The molecule has 3 heteroatoms. The number of ether oxygens (including phenoxy) is 2. The molecule has 2 nitrogen and oxygen atoms in total. The smallest absolute Gasteiger partial charge is 0.199 e. The minimum Gasteiger partial charge on any atom is -0.465 e. The molecule has 2 heterocycles. The zero-order valence-corrected chi connectivity index (χ0v) is 13.0. The van der Waals surface area contributed by atoms with Gasteiger partial charge in [-0.15, -0.1) is 0 Å². The molecule has 2 aliphatic rings. The summed E-state index contributed by atoms with van der Waals surface area (Å²) in [6.07, 6.45) is 4.82. The fraction of sp³-hybridized carbons (Fsp3) is 0.444. The average molecular weight is 301 g/mol.